The van der Waals surface area contributed by atoms with Gasteiger partial charge < -0.3 is 0 Å². The van der Waals surface area contributed by atoms with E-state index in [1.54, 1.807) is 0 Å². The lowest BCUT2D eigenvalue weighted by molar-refractivity contribution is 0.795. The molecule has 0 atom stereocenters. The summed E-state index contributed by atoms with van der Waals surface area (Å²) in [7, 11) is 0. The summed E-state index contributed by atoms with van der Waals surface area (Å²) >= 11 is 0. The lowest BCUT2D eigenvalue weighted by Crippen LogP contribution is -2.25. The first-order chi connectivity index (χ1) is 20.4. The van der Waals surface area contributed by atoms with Crippen molar-refractivity contribution in [3.63, 3.8) is 0 Å². The van der Waals surface area contributed by atoms with Crippen molar-refractivity contribution in [2.75, 3.05) is 0 Å². The quantitative estimate of drug-likeness (QED) is 0.204. The summed E-state index contributed by atoms with van der Waals surface area (Å²) in [5.74, 6) is 0. The average Bonchev–Trinajstić information content (AvgIpc) is 3.65. The van der Waals surface area contributed by atoms with Crippen molar-refractivity contribution >= 4 is 10.8 Å². The fourth-order valence-electron chi connectivity index (χ4n) is 8.41. The van der Waals surface area contributed by atoms with Gasteiger partial charge in [0, 0.05) is 0 Å². The summed E-state index contributed by atoms with van der Waals surface area (Å²) in [6.45, 7) is 0. The van der Waals surface area contributed by atoms with E-state index >= 15 is 0 Å². The predicted octanol–water partition coefficient (Wildman–Crippen LogP) is 10.5. The van der Waals surface area contributed by atoms with Gasteiger partial charge in [-0.2, -0.15) is 0 Å². The minimum atomic E-state index is -0.334. The zero-order chi connectivity index (χ0) is 26.7. The third kappa shape index (κ3) is 2.44. The van der Waals surface area contributed by atoms with E-state index in [-0.39, 0.29) is 5.41 Å². The van der Waals surface area contributed by atoms with Gasteiger partial charge in [0.25, 0.3) is 0 Å². The van der Waals surface area contributed by atoms with Gasteiger partial charge in [-0.05, 0) is 94.7 Å². The van der Waals surface area contributed by atoms with Gasteiger partial charge in [-0.25, -0.2) is 0 Å². The third-order valence-electron chi connectivity index (χ3n) is 9.83. The van der Waals surface area contributed by atoms with E-state index in [2.05, 4.69) is 146 Å². The first-order valence-electron chi connectivity index (χ1n) is 14.5. The van der Waals surface area contributed by atoms with Gasteiger partial charge in [0.15, 0.2) is 0 Å². The van der Waals surface area contributed by atoms with Crippen molar-refractivity contribution < 1.29 is 0 Å². The minimum absolute atomic E-state index is 0.334. The summed E-state index contributed by atoms with van der Waals surface area (Å²) in [6.07, 6.45) is 0. The summed E-state index contributed by atoms with van der Waals surface area (Å²) in [4.78, 5) is 0. The second-order valence-electron chi connectivity index (χ2n) is 11.6. The fourth-order valence-corrected chi connectivity index (χ4v) is 8.41. The molecule has 0 aromatic heterocycles. The highest BCUT2D eigenvalue weighted by Gasteiger charge is 2.52. The number of hydrogen-bond donors (Lipinski definition) is 0. The van der Waals surface area contributed by atoms with Crippen molar-refractivity contribution in [2.24, 2.45) is 0 Å². The van der Waals surface area contributed by atoms with Crippen LogP contribution in [0.5, 0.6) is 0 Å². The van der Waals surface area contributed by atoms with E-state index in [1.807, 2.05) is 0 Å². The lowest BCUT2D eigenvalue weighted by Gasteiger charge is -2.30. The molecule has 0 fully saturated rings. The standard InChI is InChI=1S/C41H24/c1-2-12-25(13-3-1)26-17-10-18-29-33-24-37-40(32-20-11-19-31(38(26)29)39(32)33)30-16-6-9-23-36(30)41(37)34-21-7-4-14-27(34)28-15-5-8-22-35(28)41/h1-24H. The molecule has 41 heavy (non-hydrogen) atoms. The monoisotopic (exact) mass is 516 g/mol. The van der Waals surface area contributed by atoms with Crippen LogP contribution in [0.15, 0.2) is 146 Å². The average molecular weight is 517 g/mol. The van der Waals surface area contributed by atoms with Crippen LogP contribution in [0.25, 0.3) is 66.4 Å². The topological polar surface area (TPSA) is 0 Å². The molecule has 1 spiro atoms. The summed E-state index contributed by atoms with van der Waals surface area (Å²) < 4.78 is 0. The lowest BCUT2D eigenvalue weighted by atomic mass is 9.70. The molecule has 3 aliphatic carbocycles. The van der Waals surface area contributed by atoms with Gasteiger partial charge in [0.1, 0.15) is 0 Å². The van der Waals surface area contributed by atoms with Gasteiger partial charge in [0.05, 0.1) is 5.41 Å². The van der Waals surface area contributed by atoms with Gasteiger partial charge >= 0.3 is 0 Å². The Morgan fingerprint density at radius 2 is 0.854 bits per heavy atom. The second kappa shape index (κ2) is 7.50. The molecule has 0 N–H and O–H groups in total. The molecule has 10 rings (SSSR count). The van der Waals surface area contributed by atoms with Gasteiger partial charge in [-0.1, -0.05) is 140 Å². The van der Waals surface area contributed by atoms with Gasteiger partial charge in [0.2, 0.25) is 0 Å². The van der Waals surface area contributed by atoms with Crippen LogP contribution in [0, 0.1) is 0 Å². The molecular weight excluding hydrogens is 492 g/mol. The predicted molar refractivity (Wildman–Crippen MR) is 170 cm³/mol. The van der Waals surface area contributed by atoms with Crippen molar-refractivity contribution in [1.82, 2.24) is 0 Å². The molecule has 0 amide bonds. The first kappa shape index (κ1) is 21.6. The molecule has 0 nitrogen and oxygen atoms in total. The second-order valence-corrected chi connectivity index (χ2v) is 11.6. The summed E-state index contributed by atoms with van der Waals surface area (Å²) in [6, 6.07) is 54.5. The van der Waals surface area contributed by atoms with Crippen molar-refractivity contribution in [1.29, 1.82) is 0 Å². The van der Waals surface area contributed by atoms with Crippen LogP contribution in [0.4, 0.5) is 0 Å². The van der Waals surface area contributed by atoms with Crippen molar-refractivity contribution in [3.05, 3.63) is 168 Å². The summed E-state index contributed by atoms with van der Waals surface area (Å²) in [5, 5.41) is 2.74. The van der Waals surface area contributed by atoms with E-state index in [0.717, 1.165) is 0 Å². The van der Waals surface area contributed by atoms with Crippen LogP contribution in [0.2, 0.25) is 0 Å². The number of rotatable bonds is 1. The highest BCUT2D eigenvalue weighted by molar-refractivity contribution is 6.23. The number of benzene rings is 7. The fraction of sp³-hybridized carbons (Fsp3) is 0.0244. The molecule has 0 unspecified atom stereocenters. The Morgan fingerprint density at radius 3 is 1.59 bits per heavy atom. The first-order valence-corrected chi connectivity index (χ1v) is 14.5. The molecule has 0 radical (unpaired) electrons. The molecule has 0 bridgehead atoms. The van der Waals surface area contributed by atoms with E-state index in [4.69, 9.17) is 0 Å². The minimum Gasteiger partial charge on any atom is -0.0622 e. The van der Waals surface area contributed by atoms with Crippen LogP contribution in [-0.2, 0) is 5.41 Å². The molecule has 0 heteroatoms. The number of hydrogen-bond acceptors (Lipinski definition) is 0. The largest absolute Gasteiger partial charge is 0.0725 e. The Bertz CT molecular complexity index is 2200. The zero-order valence-corrected chi connectivity index (χ0v) is 22.4. The molecule has 7 aromatic rings. The summed E-state index contributed by atoms with van der Waals surface area (Å²) in [5.41, 5.74) is 18.7. The molecule has 0 saturated heterocycles. The van der Waals surface area contributed by atoms with E-state index < -0.39 is 0 Å². The number of fused-ring (bicyclic) bond motifs is 14. The Morgan fingerprint density at radius 1 is 0.317 bits per heavy atom. The SMILES string of the molecule is c1ccc(-c2cccc3c2-c2cccc4c5c(cc-3c24)C2(c3ccccc3-c3ccccc32)c2ccccc2-5)cc1. The molecule has 0 aliphatic heterocycles. The van der Waals surface area contributed by atoms with Crippen LogP contribution in [-0.4, -0.2) is 0 Å². The van der Waals surface area contributed by atoms with Crippen LogP contribution in [0.1, 0.15) is 22.3 Å². The maximum atomic E-state index is 2.56. The Kier molecular flexibility index (Phi) is 3.95. The van der Waals surface area contributed by atoms with Crippen molar-refractivity contribution in [2.45, 2.75) is 5.41 Å². The maximum absolute atomic E-state index is 2.56. The molecule has 7 aromatic carbocycles. The zero-order valence-electron chi connectivity index (χ0n) is 22.4. The molecule has 0 saturated carbocycles. The smallest absolute Gasteiger partial charge is 0.0622 e. The molecule has 188 valence electrons. The van der Waals surface area contributed by atoms with E-state index in [9.17, 15) is 0 Å². The molecule has 3 aliphatic rings. The van der Waals surface area contributed by atoms with E-state index in [0.29, 0.717) is 0 Å². The normalized spacial score (nSPS) is 14.0. The van der Waals surface area contributed by atoms with Crippen LogP contribution in [0.3, 0.4) is 0 Å². The highest BCUT2D eigenvalue weighted by Crippen LogP contribution is 2.65. The Labute approximate surface area is 239 Å². The Hall–Kier alpha value is -5.20. The van der Waals surface area contributed by atoms with Crippen LogP contribution < -0.4 is 0 Å². The molecular formula is C41H24. The van der Waals surface area contributed by atoms with Gasteiger partial charge in [-0.3, -0.25) is 0 Å². The van der Waals surface area contributed by atoms with Crippen LogP contribution >= 0.6 is 0 Å². The van der Waals surface area contributed by atoms with Crippen molar-refractivity contribution in [3.8, 4) is 55.6 Å². The molecule has 0 heterocycles. The maximum Gasteiger partial charge on any atom is 0.0725 e. The highest BCUT2D eigenvalue weighted by atomic mass is 14.5. The van der Waals surface area contributed by atoms with E-state index in [1.165, 1.54) is 88.7 Å². The Balaban J connectivity index is 1.39. The third-order valence-corrected chi connectivity index (χ3v) is 9.83. The van der Waals surface area contributed by atoms with Gasteiger partial charge in [-0.15, -0.1) is 0 Å².